The molecule has 0 aromatic heterocycles. The smallest absolute Gasteiger partial charge is 0.334 e. The molecule has 252 valence electrons. The van der Waals surface area contributed by atoms with Gasteiger partial charge in [0, 0.05) is 50.7 Å². The molecule has 0 aliphatic rings. The minimum absolute atomic E-state index is 0.000815. The van der Waals surface area contributed by atoms with Gasteiger partial charge in [-0.15, -0.1) is 0 Å². The third kappa shape index (κ3) is 15.2. The fraction of sp³-hybridized carbons (Fsp3) is 0.444. The lowest BCUT2D eigenvalue weighted by atomic mass is 10.2. The highest BCUT2D eigenvalue weighted by Crippen LogP contribution is 2.25. The van der Waals surface area contributed by atoms with Crippen LogP contribution in [0.3, 0.4) is 0 Å². The standard InChI is InChI=1S/C27H34N4O11S4/c1-13(32)28-18(9-43)26(40)46-11-20(30-15(3)34)24(38)42-22-8-6-5-7-17(22)25(39)44-12-21(31-16(4)35)27(41)45-10-19(23(36)37)29-14(2)33/h5-8,18-21,43H,9-12H2,1-4H3,(H,28,32)(H,29,33)(H,30,34)(H,31,35)(H,36,37). The van der Waals surface area contributed by atoms with Gasteiger partial charge in [-0.2, -0.15) is 12.6 Å². The Balaban J connectivity index is 3.02. The number of nitrogens with one attached hydrogen (secondary N) is 4. The molecule has 0 heterocycles. The van der Waals surface area contributed by atoms with Crippen molar-refractivity contribution in [1.29, 1.82) is 0 Å². The van der Waals surface area contributed by atoms with E-state index in [1.807, 2.05) is 0 Å². The summed E-state index contributed by atoms with van der Waals surface area (Å²) < 4.78 is 5.42. The summed E-state index contributed by atoms with van der Waals surface area (Å²) in [5.41, 5.74) is -0.0785. The predicted octanol–water partition coefficient (Wildman–Crippen LogP) is 0.0182. The highest BCUT2D eigenvalue weighted by atomic mass is 32.2. The van der Waals surface area contributed by atoms with E-state index in [0.29, 0.717) is 35.3 Å². The van der Waals surface area contributed by atoms with E-state index in [9.17, 15) is 48.3 Å². The number of para-hydroxylation sites is 1. The Hall–Kier alpha value is -3.55. The van der Waals surface area contributed by atoms with Gasteiger partial charge in [-0.25, -0.2) is 9.59 Å². The normalized spacial score (nSPS) is 13.2. The molecule has 4 amide bonds. The van der Waals surface area contributed by atoms with E-state index in [2.05, 4.69) is 33.9 Å². The van der Waals surface area contributed by atoms with Gasteiger partial charge in [0.2, 0.25) is 39.0 Å². The lowest BCUT2D eigenvalue weighted by Gasteiger charge is -2.19. The van der Waals surface area contributed by atoms with Crippen LogP contribution in [0.4, 0.5) is 0 Å². The molecule has 0 spiro atoms. The Morgan fingerprint density at radius 1 is 0.674 bits per heavy atom. The number of carbonyl (C=O) groups is 9. The van der Waals surface area contributed by atoms with E-state index in [1.165, 1.54) is 31.2 Å². The largest absolute Gasteiger partial charge is 0.480 e. The molecule has 0 aliphatic carbocycles. The van der Waals surface area contributed by atoms with Crippen molar-refractivity contribution in [1.82, 2.24) is 21.3 Å². The van der Waals surface area contributed by atoms with Gasteiger partial charge in [0.1, 0.15) is 29.9 Å². The number of rotatable bonds is 17. The van der Waals surface area contributed by atoms with Gasteiger partial charge in [-0.3, -0.25) is 33.6 Å². The van der Waals surface area contributed by atoms with Crippen molar-refractivity contribution in [3.8, 4) is 5.75 Å². The van der Waals surface area contributed by atoms with Gasteiger partial charge < -0.3 is 31.1 Å². The first-order valence-electron chi connectivity index (χ1n) is 13.3. The molecule has 5 N–H and O–H groups in total. The van der Waals surface area contributed by atoms with Crippen molar-refractivity contribution in [2.45, 2.75) is 51.9 Å². The number of thioether (sulfide) groups is 3. The molecule has 4 unspecified atom stereocenters. The Morgan fingerprint density at radius 3 is 1.63 bits per heavy atom. The number of amides is 4. The quantitative estimate of drug-likeness (QED) is 0.0709. The van der Waals surface area contributed by atoms with Crippen molar-refractivity contribution in [2.75, 3.05) is 23.0 Å². The van der Waals surface area contributed by atoms with Crippen LogP contribution < -0.4 is 26.0 Å². The molecule has 0 saturated carbocycles. The Kier molecular flexibility index (Phi) is 18.1. The first kappa shape index (κ1) is 40.5. The Labute approximate surface area is 282 Å². The van der Waals surface area contributed by atoms with Crippen LogP contribution >= 0.6 is 47.9 Å². The molecule has 0 aliphatic heterocycles. The third-order valence-corrected chi connectivity index (χ3v) is 8.81. The summed E-state index contributed by atoms with van der Waals surface area (Å²) in [6.45, 7) is 4.66. The van der Waals surface area contributed by atoms with E-state index < -0.39 is 75.1 Å². The SMILES string of the molecule is CC(=O)NC(CSC(=O)C(CSC(=O)c1ccccc1OC(=O)C(CSC(=O)C(CS)NC(C)=O)NC(C)=O)NC(C)=O)C(=O)O. The second kappa shape index (κ2) is 20.5. The fourth-order valence-electron chi connectivity index (χ4n) is 3.35. The maximum absolute atomic E-state index is 13.2. The summed E-state index contributed by atoms with van der Waals surface area (Å²) in [5.74, 6) is -5.63. The molecule has 15 nitrogen and oxygen atoms in total. The Morgan fingerprint density at radius 2 is 1.11 bits per heavy atom. The summed E-state index contributed by atoms with van der Waals surface area (Å²) in [4.78, 5) is 109. The summed E-state index contributed by atoms with van der Waals surface area (Å²) in [5, 5.41) is 16.9. The van der Waals surface area contributed by atoms with Gasteiger partial charge in [-0.1, -0.05) is 47.4 Å². The van der Waals surface area contributed by atoms with Crippen LogP contribution in [-0.2, 0) is 38.4 Å². The maximum Gasteiger partial charge on any atom is 0.334 e. The summed E-state index contributed by atoms with van der Waals surface area (Å²) in [6, 6.07) is 0.824. The molecule has 0 bridgehead atoms. The van der Waals surface area contributed by atoms with Crippen molar-refractivity contribution >= 4 is 98.8 Å². The summed E-state index contributed by atoms with van der Waals surface area (Å²) >= 11 is 5.88. The predicted molar refractivity (Wildman–Crippen MR) is 176 cm³/mol. The van der Waals surface area contributed by atoms with Crippen molar-refractivity contribution in [3.63, 3.8) is 0 Å². The lowest BCUT2D eigenvalue weighted by Crippen LogP contribution is -2.45. The summed E-state index contributed by atoms with van der Waals surface area (Å²) in [6.07, 6.45) is 0. The minimum atomic E-state index is -1.36. The van der Waals surface area contributed by atoms with Crippen molar-refractivity contribution in [2.24, 2.45) is 0 Å². The fourth-order valence-corrected chi connectivity index (χ4v) is 6.50. The molecule has 1 aromatic carbocycles. The van der Waals surface area contributed by atoms with E-state index in [1.54, 1.807) is 0 Å². The monoisotopic (exact) mass is 718 g/mol. The molecule has 4 atom stereocenters. The number of hydrogen-bond acceptors (Lipinski definition) is 14. The average Bonchev–Trinajstić information content (AvgIpc) is 2.97. The first-order valence-corrected chi connectivity index (χ1v) is 16.9. The molecule has 0 radical (unpaired) electrons. The number of benzene rings is 1. The highest BCUT2D eigenvalue weighted by molar-refractivity contribution is 8.15. The number of ether oxygens (including phenoxy) is 1. The number of esters is 1. The molecule has 1 aromatic rings. The van der Waals surface area contributed by atoms with Crippen molar-refractivity contribution in [3.05, 3.63) is 29.8 Å². The van der Waals surface area contributed by atoms with Crippen LogP contribution in [0.25, 0.3) is 0 Å². The molecule has 46 heavy (non-hydrogen) atoms. The van der Waals surface area contributed by atoms with Crippen LogP contribution in [-0.4, -0.2) is 103 Å². The van der Waals surface area contributed by atoms with E-state index in [4.69, 9.17) is 4.74 Å². The third-order valence-electron chi connectivity index (χ3n) is 5.33. The number of thiol groups is 1. The van der Waals surface area contributed by atoms with Gasteiger partial charge in [0.25, 0.3) is 0 Å². The lowest BCUT2D eigenvalue weighted by molar-refractivity contribution is -0.140. The zero-order chi connectivity index (χ0) is 35.0. The second-order valence-electron chi connectivity index (χ2n) is 9.31. The van der Waals surface area contributed by atoms with E-state index in [0.717, 1.165) is 20.8 Å². The topological polar surface area (TPSA) is 231 Å². The highest BCUT2D eigenvalue weighted by Gasteiger charge is 2.29. The van der Waals surface area contributed by atoms with Crippen LogP contribution in [0.1, 0.15) is 38.1 Å². The average molecular weight is 719 g/mol. The minimum Gasteiger partial charge on any atom is -0.480 e. The van der Waals surface area contributed by atoms with Crippen LogP contribution in [0, 0.1) is 0 Å². The van der Waals surface area contributed by atoms with Gasteiger partial charge >= 0.3 is 11.9 Å². The molecule has 0 saturated heterocycles. The first-order chi connectivity index (χ1) is 21.5. The molecule has 1 rings (SSSR count). The summed E-state index contributed by atoms with van der Waals surface area (Å²) in [7, 11) is 0. The van der Waals surface area contributed by atoms with Gasteiger partial charge in [0.05, 0.1) is 5.56 Å². The van der Waals surface area contributed by atoms with Crippen LogP contribution in [0.2, 0.25) is 0 Å². The molecule has 0 fully saturated rings. The van der Waals surface area contributed by atoms with Gasteiger partial charge in [0.15, 0.2) is 0 Å². The molecule has 19 heteroatoms. The number of carboxylic acids is 1. The van der Waals surface area contributed by atoms with E-state index >= 15 is 0 Å². The number of hydrogen-bond donors (Lipinski definition) is 6. The molecular weight excluding hydrogens is 685 g/mol. The molecular formula is C27H34N4O11S4. The number of carbonyl (C=O) groups excluding carboxylic acids is 8. The van der Waals surface area contributed by atoms with Gasteiger partial charge in [-0.05, 0) is 12.1 Å². The maximum atomic E-state index is 13.2. The van der Waals surface area contributed by atoms with Crippen LogP contribution in [0.15, 0.2) is 24.3 Å². The van der Waals surface area contributed by atoms with Crippen LogP contribution in [0.5, 0.6) is 5.75 Å². The Bertz CT molecular complexity index is 1340. The zero-order valence-electron chi connectivity index (χ0n) is 25.1. The van der Waals surface area contributed by atoms with Crippen molar-refractivity contribution < 1.29 is 53.0 Å². The number of aliphatic carboxylic acids is 1. The second-order valence-corrected chi connectivity index (χ2v) is 12.7. The zero-order valence-corrected chi connectivity index (χ0v) is 28.5. The number of carboxylic acid groups (broad SMARTS) is 1. The van der Waals surface area contributed by atoms with E-state index in [-0.39, 0.29) is 34.3 Å².